The zero-order chi connectivity index (χ0) is 13.7. The Kier molecular flexibility index (Phi) is 4.65. The largest absolute Gasteiger partial charge is 0.463 e. The van der Waals surface area contributed by atoms with E-state index in [-0.39, 0.29) is 17.9 Å². The lowest BCUT2D eigenvalue weighted by Crippen LogP contribution is -2.26. The number of hydrogen-bond acceptors (Lipinski definition) is 5. The zero-order valence-corrected chi connectivity index (χ0v) is 10.1. The van der Waals surface area contributed by atoms with E-state index in [9.17, 15) is 14.0 Å². The second-order valence-electron chi connectivity index (χ2n) is 3.54. The summed E-state index contributed by atoms with van der Waals surface area (Å²) in [6.45, 7) is 3.15. The molecule has 0 radical (unpaired) electrons. The van der Waals surface area contributed by atoms with Crippen molar-refractivity contribution in [1.82, 2.24) is 0 Å². The predicted octanol–water partition coefficient (Wildman–Crippen LogP) is 1.52. The van der Waals surface area contributed by atoms with E-state index >= 15 is 0 Å². The van der Waals surface area contributed by atoms with Crippen LogP contribution in [-0.4, -0.2) is 24.6 Å². The van der Waals surface area contributed by atoms with Gasteiger partial charge in [-0.05, 0) is 32.0 Å². The van der Waals surface area contributed by atoms with Gasteiger partial charge in [0, 0.05) is 5.69 Å². The fraction of sp³-hybridized carbons (Fsp3) is 0.333. The van der Waals surface area contributed by atoms with Gasteiger partial charge in [0.1, 0.15) is 5.82 Å². The molecule has 0 aliphatic rings. The van der Waals surface area contributed by atoms with Crippen LogP contribution in [0.2, 0.25) is 0 Å². The number of hydrogen-bond donors (Lipinski definition) is 1. The van der Waals surface area contributed by atoms with Crippen LogP contribution in [0.5, 0.6) is 0 Å². The first-order valence-electron chi connectivity index (χ1n) is 5.38. The number of esters is 2. The molecule has 5 nitrogen and oxygen atoms in total. The lowest BCUT2D eigenvalue weighted by Gasteiger charge is -2.12. The summed E-state index contributed by atoms with van der Waals surface area (Å²) in [7, 11) is 0. The molecule has 98 valence electrons. The monoisotopic (exact) mass is 255 g/mol. The first-order chi connectivity index (χ1) is 8.45. The fourth-order valence-corrected chi connectivity index (χ4v) is 1.23. The number of rotatable bonds is 4. The van der Waals surface area contributed by atoms with E-state index in [2.05, 4.69) is 4.74 Å². The third-order valence-electron chi connectivity index (χ3n) is 2.11. The Morgan fingerprint density at radius 3 is 2.72 bits per heavy atom. The van der Waals surface area contributed by atoms with Gasteiger partial charge in [0.15, 0.2) is 6.10 Å². The molecule has 18 heavy (non-hydrogen) atoms. The van der Waals surface area contributed by atoms with Gasteiger partial charge in [-0.15, -0.1) is 0 Å². The average molecular weight is 255 g/mol. The van der Waals surface area contributed by atoms with E-state index in [4.69, 9.17) is 10.5 Å². The Balaban J connectivity index is 2.76. The third kappa shape index (κ3) is 3.44. The van der Waals surface area contributed by atoms with E-state index in [0.29, 0.717) is 0 Å². The maximum Gasteiger partial charge on any atom is 0.347 e. The van der Waals surface area contributed by atoms with Crippen molar-refractivity contribution in [1.29, 1.82) is 0 Å². The van der Waals surface area contributed by atoms with Gasteiger partial charge in [-0.1, -0.05) is 0 Å². The predicted molar refractivity (Wildman–Crippen MR) is 62.3 cm³/mol. The second-order valence-corrected chi connectivity index (χ2v) is 3.54. The van der Waals surface area contributed by atoms with Gasteiger partial charge >= 0.3 is 11.9 Å². The Hall–Kier alpha value is -2.11. The van der Waals surface area contributed by atoms with Gasteiger partial charge < -0.3 is 15.2 Å². The highest BCUT2D eigenvalue weighted by molar-refractivity contribution is 5.92. The molecule has 1 aromatic rings. The Bertz CT molecular complexity index is 461. The Morgan fingerprint density at radius 1 is 1.44 bits per heavy atom. The molecule has 1 aromatic carbocycles. The topological polar surface area (TPSA) is 78.6 Å². The minimum absolute atomic E-state index is 0.174. The van der Waals surface area contributed by atoms with Crippen molar-refractivity contribution in [3.8, 4) is 0 Å². The molecular weight excluding hydrogens is 241 g/mol. The van der Waals surface area contributed by atoms with Crippen LogP contribution in [0.4, 0.5) is 10.1 Å². The van der Waals surface area contributed by atoms with Crippen LogP contribution < -0.4 is 5.73 Å². The van der Waals surface area contributed by atoms with Gasteiger partial charge in [-0.25, -0.2) is 14.0 Å². The number of carbonyl (C=O) groups is 2. The molecule has 0 saturated carbocycles. The number of halogens is 1. The van der Waals surface area contributed by atoms with Crippen molar-refractivity contribution in [3.05, 3.63) is 29.6 Å². The number of benzene rings is 1. The quantitative estimate of drug-likeness (QED) is 0.651. The molecule has 0 spiro atoms. The van der Waals surface area contributed by atoms with Crippen LogP contribution in [0, 0.1) is 5.82 Å². The molecular formula is C12H14FNO4. The minimum atomic E-state index is -1.10. The molecule has 0 amide bonds. The van der Waals surface area contributed by atoms with Crippen LogP contribution in [0.3, 0.4) is 0 Å². The van der Waals surface area contributed by atoms with E-state index in [1.807, 2.05) is 0 Å². The van der Waals surface area contributed by atoms with Crippen molar-refractivity contribution < 1.29 is 23.5 Å². The number of nitrogens with two attached hydrogens (primary N) is 1. The molecule has 0 heterocycles. The summed E-state index contributed by atoms with van der Waals surface area (Å²) in [5.74, 6) is -2.40. The maximum absolute atomic E-state index is 13.3. The summed E-state index contributed by atoms with van der Waals surface area (Å²) < 4.78 is 22.8. The van der Waals surface area contributed by atoms with Crippen LogP contribution in [0.15, 0.2) is 18.2 Å². The number of anilines is 1. The number of carbonyl (C=O) groups excluding carboxylic acids is 2. The van der Waals surface area contributed by atoms with Crippen LogP contribution >= 0.6 is 0 Å². The Morgan fingerprint density at radius 2 is 2.11 bits per heavy atom. The molecule has 1 rings (SSSR count). The van der Waals surface area contributed by atoms with Crippen molar-refractivity contribution in [2.75, 3.05) is 12.3 Å². The lowest BCUT2D eigenvalue weighted by molar-refractivity contribution is -0.152. The summed E-state index contributed by atoms with van der Waals surface area (Å²) in [6.07, 6.45) is -1.10. The highest BCUT2D eigenvalue weighted by atomic mass is 19.1. The third-order valence-corrected chi connectivity index (χ3v) is 2.11. The first-order valence-corrected chi connectivity index (χ1v) is 5.38. The normalized spacial score (nSPS) is 11.7. The van der Waals surface area contributed by atoms with E-state index < -0.39 is 23.9 Å². The van der Waals surface area contributed by atoms with E-state index in [0.717, 1.165) is 12.1 Å². The lowest BCUT2D eigenvalue weighted by atomic mass is 10.2. The molecule has 2 N–H and O–H groups in total. The van der Waals surface area contributed by atoms with Crippen molar-refractivity contribution in [3.63, 3.8) is 0 Å². The number of nitrogen functional groups attached to an aromatic ring is 1. The molecule has 0 aliphatic carbocycles. The molecule has 0 fully saturated rings. The summed E-state index contributed by atoms with van der Waals surface area (Å²) in [6, 6.07) is 3.53. The number of ether oxygens (including phenoxy) is 2. The maximum atomic E-state index is 13.3. The standard InChI is InChI=1S/C12H14FNO4/c1-3-17-11(15)7(2)18-12(16)9-6-8(14)4-5-10(9)13/h4-7H,3,14H2,1-2H3. The first kappa shape index (κ1) is 14.0. The molecule has 6 heteroatoms. The highest BCUT2D eigenvalue weighted by Gasteiger charge is 2.22. The van der Waals surface area contributed by atoms with Gasteiger partial charge in [0.2, 0.25) is 0 Å². The summed E-state index contributed by atoms with van der Waals surface area (Å²) in [5.41, 5.74) is 5.35. The van der Waals surface area contributed by atoms with Crippen LogP contribution in [0.25, 0.3) is 0 Å². The zero-order valence-electron chi connectivity index (χ0n) is 10.1. The summed E-state index contributed by atoms with van der Waals surface area (Å²) in [4.78, 5) is 22.9. The molecule has 0 saturated heterocycles. The van der Waals surface area contributed by atoms with Gasteiger partial charge in [-0.3, -0.25) is 0 Å². The van der Waals surface area contributed by atoms with Crippen LogP contribution in [-0.2, 0) is 14.3 Å². The van der Waals surface area contributed by atoms with Gasteiger partial charge in [0.25, 0.3) is 0 Å². The smallest absolute Gasteiger partial charge is 0.347 e. The van der Waals surface area contributed by atoms with Gasteiger partial charge in [-0.2, -0.15) is 0 Å². The fourth-order valence-electron chi connectivity index (χ4n) is 1.23. The summed E-state index contributed by atoms with van der Waals surface area (Å²) in [5, 5.41) is 0. The SMILES string of the molecule is CCOC(=O)C(C)OC(=O)c1cc(N)ccc1F. The molecule has 0 aromatic heterocycles. The van der Waals surface area contributed by atoms with Gasteiger partial charge in [0.05, 0.1) is 12.2 Å². The van der Waals surface area contributed by atoms with E-state index in [1.165, 1.54) is 13.0 Å². The van der Waals surface area contributed by atoms with Crippen LogP contribution in [0.1, 0.15) is 24.2 Å². The second kappa shape index (κ2) is 6.00. The van der Waals surface area contributed by atoms with E-state index in [1.54, 1.807) is 6.92 Å². The molecule has 1 atom stereocenters. The van der Waals surface area contributed by atoms with Crippen molar-refractivity contribution in [2.45, 2.75) is 20.0 Å². The molecule has 0 aliphatic heterocycles. The Labute approximate surface area is 104 Å². The minimum Gasteiger partial charge on any atom is -0.463 e. The molecule has 1 unspecified atom stereocenters. The molecule has 0 bridgehead atoms. The van der Waals surface area contributed by atoms with Crippen molar-refractivity contribution in [2.24, 2.45) is 0 Å². The van der Waals surface area contributed by atoms with Crippen molar-refractivity contribution >= 4 is 17.6 Å². The summed E-state index contributed by atoms with van der Waals surface area (Å²) >= 11 is 0. The highest BCUT2D eigenvalue weighted by Crippen LogP contribution is 2.14. The average Bonchev–Trinajstić information content (AvgIpc) is 2.32.